The average molecular weight is 262 g/mol. The van der Waals surface area contributed by atoms with Gasteiger partial charge in [-0.25, -0.2) is 4.98 Å². The first kappa shape index (κ1) is 14.9. The van der Waals surface area contributed by atoms with E-state index < -0.39 is 0 Å². The number of carbonyl (C=O) groups is 1. The fourth-order valence-corrected chi connectivity index (χ4v) is 1.40. The zero-order chi connectivity index (χ0) is 14.1. The molecular weight excluding hydrogens is 244 g/mol. The summed E-state index contributed by atoms with van der Waals surface area (Å²) in [5.41, 5.74) is 0.893. The smallest absolute Gasteiger partial charge is 0.234 e. The van der Waals surface area contributed by atoms with E-state index in [9.17, 15) is 4.79 Å². The maximum absolute atomic E-state index is 11.3. The predicted octanol–water partition coefficient (Wildman–Crippen LogP) is 0.598. The van der Waals surface area contributed by atoms with Gasteiger partial charge < -0.3 is 15.4 Å². The average Bonchev–Trinajstić information content (AvgIpc) is 2.38. The van der Waals surface area contributed by atoms with Gasteiger partial charge in [0.05, 0.1) is 18.7 Å². The van der Waals surface area contributed by atoms with E-state index in [1.165, 1.54) is 0 Å². The lowest BCUT2D eigenvalue weighted by atomic mass is 10.2. The molecule has 0 aliphatic heterocycles. The van der Waals surface area contributed by atoms with Gasteiger partial charge in [-0.2, -0.15) is 5.26 Å². The summed E-state index contributed by atoms with van der Waals surface area (Å²) in [7, 11) is 0. The molecule has 0 spiro atoms. The van der Waals surface area contributed by atoms with Gasteiger partial charge in [-0.05, 0) is 19.9 Å². The molecule has 0 fully saturated rings. The molecule has 0 saturated heterocycles. The Labute approximate surface area is 112 Å². The number of hydrogen-bond acceptors (Lipinski definition) is 5. The van der Waals surface area contributed by atoms with E-state index in [-0.39, 0.29) is 25.1 Å². The third-order valence-corrected chi connectivity index (χ3v) is 2.16. The van der Waals surface area contributed by atoms with Gasteiger partial charge >= 0.3 is 0 Å². The first-order chi connectivity index (χ1) is 9.13. The third kappa shape index (κ3) is 5.84. The maximum atomic E-state index is 11.3. The molecule has 102 valence electrons. The van der Waals surface area contributed by atoms with Crippen LogP contribution >= 0.6 is 0 Å². The number of amides is 1. The number of hydrogen-bond donors (Lipinski definition) is 2. The Morgan fingerprint density at radius 2 is 2.37 bits per heavy atom. The van der Waals surface area contributed by atoms with Crippen molar-refractivity contribution < 1.29 is 9.53 Å². The predicted molar refractivity (Wildman–Crippen MR) is 70.3 cm³/mol. The molecule has 19 heavy (non-hydrogen) atoms. The lowest BCUT2D eigenvalue weighted by Gasteiger charge is -2.13. The topological polar surface area (TPSA) is 87.0 Å². The highest BCUT2D eigenvalue weighted by atomic mass is 16.5. The monoisotopic (exact) mass is 262 g/mol. The summed E-state index contributed by atoms with van der Waals surface area (Å²) in [6.45, 7) is 4.52. The van der Waals surface area contributed by atoms with Gasteiger partial charge in [0.25, 0.3) is 0 Å². The zero-order valence-corrected chi connectivity index (χ0v) is 11.1. The number of rotatable bonds is 7. The summed E-state index contributed by atoms with van der Waals surface area (Å²) in [6, 6.07) is 5.56. The highest BCUT2D eigenvalue weighted by molar-refractivity contribution is 5.78. The van der Waals surface area contributed by atoms with Crippen molar-refractivity contribution in [1.82, 2.24) is 15.6 Å². The maximum Gasteiger partial charge on any atom is 0.234 e. The van der Waals surface area contributed by atoms with Gasteiger partial charge in [-0.3, -0.25) is 4.79 Å². The van der Waals surface area contributed by atoms with E-state index in [0.29, 0.717) is 12.4 Å². The molecule has 6 nitrogen and oxygen atoms in total. The minimum absolute atomic E-state index is 0.0229. The number of nitrogens with one attached hydrogen (secondary N) is 2. The number of ether oxygens (including phenoxy) is 1. The Balaban J connectivity index is 2.45. The SMILES string of the molecule is CC(C)Oc1ncccc1CNCC(=O)NCC#N. The lowest BCUT2D eigenvalue weighted by Crippen LogP contribution is -2.33. The Morgan fingerprint density at radius 1 is 1.58 bits per heavy atom. The van der Waals surface area contributed by atoms with Crippen LogP contribution in [0.1, 0.15) is 19.4 Å². The molecule has 2 N–H and O–H groups in total. The van der Waals surface area contributed by atoms with Crippen LogP contribution < -0.4 is 15.4 Å². The van der Waals surface area contributed by atoms with Gasteiger partial charge in [-0.1, -0.05) is 6.07 Å². The van der Waals surface area contributed by atoms with Crippen molar-refractivity contribution in [2.24, 2.45) is 0 Å². The lowest BCUT2D eigenvalue weighted by molar-refractivity contribution is -0.120. The molecular formula is C13H18N4O2. The van der Waals surface area contributed by atoms with Gasteiger partial charge in [0.2, 0.25) is 11.8 Å². The Morgan fingerprint density at radius 3 is 3.05 bits per heavy atom. The van der Waals surface area contributed by atoms with Crippen molar-refractivity contribution in [3.63, 3.8) is 0 Å². The fraction of sp³-hybridized carbons (Fsp3) is 0.462. The highest BCUT2D eigenvalue weighted by Crippen LogP contribution is 2.15. The van der Waals surface area contributed by atoms with E-state index in [1.54, 1.807) is 6.20 Å². The number of pyridine rings is 1. The molecule has 0 aliphatic carbocycles. The van der Waals surface area contributed by atoms with E-state index in [0.717, 1.165) is 5.56 Å². The third-order valence-electron chi connectivity index (χ3n) is 2.16. The second-order valence-corrected chi connectivity index (χ2v) is 4.17. The molecule has 1 rings (SSSR count). The molecule has 0 saturated carbocycles. The van der Waals surface area contributed by atoms with Gasteiger partial charge in [0, 0.05) is 18.3 Å². The van der Waals surface area contributed by atoms with Gasteiger partial charge in [-0.15, -0.1) is 0 Å². The van der Waals surface area contributed by atoms with Crippen molar-refractivity contribution >= 4 is 5.91 Å². The molecule has 6 heteroatoms. The molecule has 1 amide bonds. The standard InChI is InChI=1S/C13H18N4O2/c1-10(2)19-13-11(4-3-6-17-13)8-15-9-12(18)16-7-5-14/h3-4,6,10,15H,7-9H2,1-2H3,(H,16,18). The Kier molecular flexibility index (Phi) is 6.33. The molecule has 1 heterocycles. The van der Waals surface area contributed by atoms with Crippen LogP contribution in [0.15, 0.2) is 18.3 Å². The Hall–Kier alpha value is -2.13. The normalized spacial score (nSPS) is 10.0. The van der Waals surface area contributed by atoms with Crippen LogP contribution in [-0.4, -0.2) is 30.1 Å². The van der Waals surface area contributed by atoms with Crippen molar-refractivity contribution in [2.75, 3.05) is 13.1 Å². The van der Waals surface area contributed by atoms with Crippen LogP contribution in [0.2, 0.25) is 0 Å². The molecule has 0 atom stereocenters. The minimum atomic E-state index is -0.211. The second kappa shape index (κ2) is 8.06. The van der Waals surface area contributed by atoms with E-state index in [4.69, 9.17) is 10.00 Å². The van der Waals surface area contributed by atoms with E-state index >= 15 is 0 Å². The number of carbonyl (C=O) groups excluding carboxylic acids is 1. The molecule has 0 radical (unpaired) electrons. The van der Waals surface area contributed by atoms with Crippen LogP contribution in [0.4, 0.5) is 0 Å². The zero-order valence-electron chi connectivity index (χ0n) is 11.1. The highest BCUT2D eigenvalue weighted by Gasteiger charge is 2.07. The summed E-state index contributed by atoms with van der Waals surface area (Å²) in [6.07, 6.45) is 1.72. The van der Waals surface area contributed by atoms with Crippen molar-refractivity contribution in [2.45, 2.75) is 26.5 Å². The Bertz CT molecular complexity index is 454. The van der Waals surface area contributed by atoms with Crippen molar-refractivity contribution in [3.8, 4) is 11.9 Å². The van der Waals surface area contributed by atoms with Crippen LogP contribution in [0.25, 0.3) is 0 Å². The summed E-state index contributed by atoms with van der Waals surface area (Å²) in [5.74, 6) is 0.360. The summed E-state index contributed by atoms with van der Waals surface area (Å²) >= 11 is 0. The number of nitriles is 1. The molecule has 0 aliphatic rings. The van der Waals surface area contributed by atoms with Crippen LogP contribution in [-0.2, 0) is 11.3 Å². The van der Waals surface area contributed by atoms with Gasteiger partial charge in [0.15, 0.2) is 0 Å². The first-order valence-electron chi connectivity index (χ1n) is 6.08. The molecule has 0 unspecified atom stereocenters. The number of aromatic nitrogens is 1. The molecule has 1 aromatic heterocycles. The first-order valence-corrected chi connectivity index (χ1v) is 6.08. The van der Waals surface area contributed by atoms with Crippen LogP contribution in [0, 0.1) is 11.3 Å². The summed E-state index contributed by atoms with van der Waals surface area (Å²) in [4.78, 5) is 15.4. The van der Waals surface area contributed by atoms with Crippen LogP contribution in [0.5, 0.6) is 5.88 Å². The van der Waals surface area contributed by atoms with Crippen LogP contribution in [0.3, 0.4) is 0 Å². The molecule has 0 aromatic carbocycles. The van der Waals surface area contributed by atoms with Crippen molar-refractivity contribution in [3.05, 3.63) is 23.9 Å². The number of nitrogens with zero attached hydrogens (tertiary/aromatic N) is 2. The summed E-state index contributed by atoms with van der Waals surface area (Å²) in [5, 5.41) is 13.8. The molecule has 1 aromatic rings. The van der Waals surface area contributed by atoms with E-state index in [1.807, 2.05) is 32.0 Å². The minimum Gasteiger partial charge on any atom is -0.475 e. The quantitative estimate of drug-likeness (QED) is 0.703. The summed E-state index contributed by atoms with van der Waals surface area (Å²) < 4.78 is 5.57. The van der Waals surface area contributed by atoms with Gasteiger partial charge in [0.1, 0.15) is 6.54 Å². The second-order valence-electron chi connectivity index (χ2n) is 4.17. The fourth-order valence-electron chi connectivity index (χ4n) is 1.40. The largest absolute Gasteiger partial charge is 0.475 e. The van der Waals surface area contributed by atoms with E-state index in [2.05, 4.69) is 15.6 Å². The molecule has 0 bridgehead atoms. The van der Waals surface area contributed by atoms with Crippen molar-refractivity contribution in [1.29, 1.82) is 5.26 Å².